The van der Waals surface area contributed by atoms with E-state index in [1.807, 2.05) is 18.2 Å². The summed E-state index contributed by atoms with van der Waals surface area (Å²) in [6.45, 7) is 0. The van der Waals surface area contributed by atoms with Gasteiger partial charge in [-0.1, -0.05) is 30.4 Å². The molecule has 0 amide bonds. The zero-order chi connectivity index (χ0) is 14.8. The van der Waals surface area contributed by atoms with Crippen molar-refractivity contribution in [3.05, 3.63) is 59.7 Å². The van der Waals surface area contributed by atoms with Gasteiger partial charge in [-0.25, -0.2) is 0 Å². The van der Waals surface area contributed by atoms with Crippen molar-refractivity contribution in [1.82, 2.24) is 0 Å². The van der Waals surface area contributed by atoms with Crippen molar-refractivity contribution < 1.29 is 13.2 Å². The fraction of sp³-hybridized carbons (Fsp3) is 0.0714. The Hall–Kier alpha value is -2.08. The van der Waals surface area contributed by atoms with Crippen molar-refractivity contribution in [2.45, 2.75) is 6.18 Å². The normalized spacial score (nSPS) is 11.2. The number of alkyl halides is 3. The van der Waals surface area contributed by atoms with Crippen LogP contribution in [0.3, 0.4) is 0 Å². The average molecular weight is 296 g/mol. The summed E-state index contributed by atoms with van der Waals surface area (Å²) in [6, 6.07) is 12.3. The molecule has 2 aromatic carbocycles. The van der Waals surface area contributed by atoms with Crippen molar-refractivity contribution in [3.8, 4) is 0 Å². The lowest BCUT2D eigenvalue weighted by atomic mass is 10.1. The van der Waals surface area contributed by atoms with Crippen molar-refractivity contribution in [3.63, 3.8) is 0 Å². The molecular formula is C14H11F3N2S. The highest BCUT2D eigenvalue weighted by Gasteiger charge is 2.31. The summed E-state index contributed by atoms with van der Waals surface area (Å²) in [6.07, 6.45) is -4.43. The number of rotatable bonds is 3. The molecule has 0 aliphatic heterocycles. The predicted molar refractivity (Wildman–Crippen MR) is 77.1 cm³/mol. The van der Waals surface area contributed by atoms with Crippen LogP contribution in [0.4, 0.5) is 24.5 Å². The second-order valence-electron chi connectivity index (χ2n) is 4.11. The molecule has 2 rings (SSSR count). The van der Waals surface area contributed by atoms with Gasteiger partial charge in [0.15, 0.2) is 0 Å². The van der Waals surface area contributed by atoms with Gasteiger partial charge in [-0.05, 0) is 30.3 Å². The lowest BCUT2D eigenvalue weighted by molar-refractivity contribution is -0.137. The van der Waals surface area contributed by atoms with Crippen LogP contribution in [-0.2, 0) is 6.18 Å². The molecule has 0 unspecified atom stereocenters. The van der Waals surface area contributed by atoms with Gasteiger partial charge in [0.25, 0.3) is 0 Å². The summed E-state index contributed by atoms with van der Waals surface area (Å²) in [4.78, 5) is -0.0884. The number of anilines is 2. The number of thiocarbonyl (C=S) groups is 1. The Kier molecular flexibility index (Phi) is 3.94. The first-order valence-electron chi connectivity index (χ1n) is 5.71. The summed E-state index contributed by atoms with van der Waals surface area (Å²) in [5.41, 5.74) is 6.07. The Morgan fingerprint density at radius 2 is 1.70 bits per heavy atom. The molecule has 20 heavy (non-hydrogen) atoms. The third kappa shape index (κ3) is 3.27. The van der Waals surface area contributed by atoms with Gasteiger partial charge in [0.05, 0.1) is 5.56 Å². The Balaban J connectivity index is 2.41. The summed E-state index contributed by atoms with van der Waals surface area (Å²) >= 11 is 4.82. The summed E-state index contributed by atoms with van der Waals surface area (Å²) < 4.78 is 38.1. The van der Waals surface area contributed by atoms with Crippen molar-refractivity contribution in [2.75, 3.05) is 5.32 Å². The van der Waals surface area contributed by atoms with Crippen LogP contribution in [0.25, 0.3) is 0 Å². The van der Waals surface area contributed by atoms with Crippen molar-refractivity contribution >= 4 is 28.6 Å². The number of hydrogen-bond donors (Lipinski definition) is 2. The minimum Gasteiger partial charge on any atom is -0.389 e. The second kappa shape index (κ2) is 5.50. The van der Waals surface area contributed by atoms with Gasteiger partial charge in [-0.15, -0.1) is 0 Å². The molecule has 0 aliphatic rings. The lowest BCUT2D eigenvalue weighted by Gasteiger charge is -2.14. The molecule has 2 aromatic rings. The number of nitrogens with two attached hydrogens (primary N) is 1. The van der Waals surface area contributed by atoms with E-state index >= 15 is 0 Å². The highest BCUT2D eigenvalue weighted by molar-refractivity contribution is 7.80. The number of hydrogen-bond acceptors (Lipinski definition) is 2. The maximum absolute atomic E-state index is 12.7. The van der Waals surface area contributed by atoms with E-state index in [0.717, 1.165) is 17.8 Å². The molecular weight excluding hydrogens is 285 g/mol. The molecule has 0 spiro atoms. The van der Waals surface area contributed by atoms with Crippen LogP contribution >= 0.6 is 12.2 Å². The minimum absolute atomic E-state index is 0.0884. The van der Waals surface area contributed by atoms with Gasteiger partial charge in [0.2, 0.25) is 0 Å². The van der Waals surface area contributed by atoms with E-state index in [1.54, 1.807) is 12.1 Å². The highest BCUT2D eigenvalue weighted by Crippen LogP contribution is 2.32. The van der Waals surface area contributed by atoms with E-state index < -0.39 is 11.7 Å². The minimum atomic E-state index is -4.43. The molecule has 0 atom stereocenters. The second-order valence-corrected chi connectivity index (χ2v) is 4.55. The number of benzene rings is 2. The van der Waals surface area contributed by atoms with E-state index in [2.05, 4.69) is 5.32 Å². The number of para-hydroxylation sites is 1. The third-order valence-corrected chi connectivity index (χ3v) is 2.89. The van der Waals surface area contributed by atoms with Crippen molar-refractivity contribution in [1.29, 1.82) is 0 Å². The van der Waals surface area contributed by atoms with Gasteiger partial charge >= 0.3 is 6.18 Å². The smallest absolute Gasteiger partial charge is 0.389 e. The first kappa shape index (κ1) is 14.3. The van der Waals surface area contributed by atoms with E-state index in [1.165, 1.54) is 6.07 Å². The van der Waals surface area contributed by atoms with Crippen LogP contribution in [0.5, 0.6) is 0 Å². The molecule has 0 fully saturated rings. The molecule has 0 heterocycles. The van der Waals surface area contributed by atoms with Gasteiger partial charge < -0.3 is 11.1 Å². The largest absolute Gasteiger partial charge is 0.416 e. The maximum atomic E-state index is 12.7. The van der Waals surface area contributed by atoms with Crippen LogP contribution in [-0.4, -0.2) is 4.99 Å². The number of halogens is 3. The predicted octanol–water partition coefficient (Wildman–Crippen LogP) is 4.08. The summed E-state index contributed by atoms with van der Waals surface area (Å²) in [5, 5.41) is 3.00. The van der Waals surface area contributed by atoms with Crippen LogP contribution in [0.2, 0.25) is 0 Å². The highest BCUT2D eigenvalue weighted by atomic mass is 32.1. The molecule has 0 aromatic heterocycles. The van der Waals surface area contributed by atoms with Crippen LogP contribution < -0.4 is 11.1 Å². The number of nitrogens with one attached hydrogen (secondary N) is 1. The third-order valence-electron chi connectivity index (χ3n) is 2.67. The van der Waals surface area contributed by atoms with E-state index in [4.69, 9.17) is 18.0 Å². The molecule has 6 heteroatoms. The fourth-order valence-electron chi connectivity index (χ4n) is 1.71. The van der Waals surface area contributed by atoms with E-state index in [9.17, 15) is 13.2 Å². The van der Waals surface area contributed by atoms with E-state index in [-0.39, 0.29) is 10.6 Å². The SMILES string of the molecule is NC(=S)c1cc(C(F)(F)F)ccc1Nc1ccccc1. The van der Waals surface area contributed by atoms with E-state index in [0.29, 0.717) is 5.69 Å². The van der Waals surface area contributed by atoms with Crippen molar-refractivity contribution in [2.24, 2.45) is 5.73 Å². The molecule has 0 saturated carbocycles. The molecule has 0 bridgehead atoms. The van der Waals surface area contributed by atoms with Gasteiger partial charge in [0.1, 0.15) is 4.99 Å². The monoisotopic (exact) mass is 296 g/mol. The first-order chi connectivity index (χ1) is 9.38. The summed E-state index contributed by atoms with van der Waals surface area (Å²) in [7, 11) is 0. The summed E-state index contributed by atoms with van der Waals surface area (Å²) in [5.74, 6) is 0. The molecule has 2 nitrogen and oxygen atoms in total. The molecule has 104 valence electrons. The Morgan fingerprint density at radius 3 is 2.25 bits per heavy atom. The molecule has 0 aliphatic carbocycles. The molecule has 0 radical (unpaired) electrons. The van der Waals surface area contributed by atoms with Gasteiger partial charge in [-0.3, -0.25) is 0 Å². The van der Waals surface area contributed by atoms with Crippen LogP contribution in [0.15, 0.2) is 48.5 Å². The van der Waals surface area contributed by atoms with Gasteiger partial charge in [0, 0.05) is 16.9 Å². The Labute approximate surface area is 119 Å². The zero-order valence-corrected chi connectivity index (χ0v) is 11.1. The van der Waals surface area contributed by atoms with Gasteiger partial charge in [-0.2, -0.15) is 13.2 Å². The standard InChI is InChI=1S/C14H11F3N2S/c15-14(16,17)9-6-7-12(11(8-9)13(18)20)19-10-4-2-1-3-5-10/h1-8,19H,(H2,18,20). The fourth-order valence-corrected chi connectivity index (χ4v) is 1.88. The first-order valence-corrected chi connectivity index (χ1v) is 6.12. The Morgan fingerprint density at radius 1 is 1.05 bits per heavy atom. The maximum Gasteiger partial charge on any atom is 0.416 e. The topological polar surface area (TPSA) is 38.0 Å². The quantitative estimate of drug-likeness (QED) is 0.838. The van der Waals surface area contributed by atoms with Crippen LogP contribution in [0, 0.1) is 0 Å². The zero-order valence-electron chi connectivity index (χ0n) is 10.2. The van der Waals surface area contributed by atoms with Crippen LogP contribution in [0.1, 0.15) is 11.1 Å². The Bertz CT molecular complexity index is 624. The molecule has 0 saturated heterocycles. The lowest BCUT2D eigenvalue weighted by Crippen LogP contribution is -2.14. The molecule has 3 N–H and O–H groups in total. The average Bonchev–Trinajstić information content (AvgIpc) is 2.38.